The van der Waals surface area contributed by atoms with E-state index in [0.717, 1.165) is 41.9 Å². The van der Waals surface area contributed by atoms with Crippen LogP contribution in [0.1, 0.15) is 43.4 Å². The Labute approximate surface area is 149 Å². The van der Waals surface area contributed by atoms with Crippen molar-refractivity contribution in [1.82, 2.24) is 5.32 Å². The van der Waals surface area contributed by atoms with Crippen LogP contribution in [0.3, 0.4) is 0 Å². The summed E-state index contributed by atoms with van der Waals surface area (Å²) in [6.07, 6.45) is 2.88. The van der Waals surface area contributed by atoms with Crippen LogP contribution in [-0.4, -0.2) is 20.1 Å². The molecule has 3 rings (SSSR count). The van der Waals surface area contributed by atoms with Crippen molar-refractivity contribution in [3.8, 4) is 11.5 Å². The predicted octanol–water partition coefficient (Wildman–Crippen LogP) is 4.00. The van der Waals surface area contributed by atoms with Gasteiger partial charge < -0.3 is 14.8 Å². The first-order chi connectivity index (χ1) is 12.1. The van der Waals surface area contributed by atoms with Crippen LogP contribution in [0.2, 0.25) is 0 Å². The smallest absolute Gasteiger partial charge is 0.231 e. The van der Waals surface area contributed by atoms with E-state index in [0.29, 0.717) is 0 Å². The summed E-state index contributed by atoms with van der Waals surface area (Å²) in [6, 6.07) is 15.6. The topological polar surface area (TPSA) is 47.6 Å². The lowest BCUT2D eigenvalue weighted by Gasteiger charge is -2.41. The molecule has 25 heavy (non-hydrogen) atoms. The predicted molar refractivity (Wildman–Crippen MR) is 98.1 cm³/mol. The molecule has 2 aromatic rings. The molecule has 4 heteroatoms. The SMILES string of the molecule is COc1ccc(C(C)NC(=O)C2(c3ccccc3)CCC2)c(OC)c1. The van der Waals surface area contributed by atoms with Gasteiger partial charge in [-0.15, -0.1) is 0 Å². The first kappa shape index (κ1) is 17.3. The number of methoxy groups -OCH3 is 2. The Balaban J connectivity index is 1.81. The van der Waals surface area contributed by atoms with E-state index in [1.807, 2.05) is 43.3 Å². The molecule has 0 radical (unpaired) electrons. The van der Waals surface area contributed by atoms with Gasteiger partial charge in [-0.2, -0.15) is 0 Å². The lowest BCUT2D eigenvalue weighted by molar-refractivity contribution is -0.130. The van der Waals surface area contributed by atoms with E-state index < -0.39 is 5.41 Å². The zero-order valence-electron chi connectivity index (χ0n) is 15.0. The number of nitrogens with one attached hydrogen (secondary N) is 1. The second-order valence-corrected chi connectivity index (χ2v) is 6.60. The second kappa shape index (κ2) is 7.18. The summed E-state index contributed by atoms with van der Waals surface area (Å²) < 4.78 is 10.7. The van der Waals surface area contributed by atoms with Gasteiger partial charge in [0.1, 0.15) is 11.5 Å². The fourth-order valence-corrected chi connectivity index (χ4v) is 3.52. The van der Waals surface area contributed by atoms with Gasteiger partial charge in [0.15, 0.2) is 0 Å². The maximum atomic E-state index is 13.1. The maximum absolute atomic E-state index is 13.1. The minimum Gasteiger partial charge on any atom is -0.497 e. The average molecular weight is 339 g/mol. The zero-order chi connectivity index (χ0) is 17.9. The molecule has 1 aliphatic rings. The van der Waals surface area contributed by atoms with Crippen LogP contribution in [0.15, 0.2) is 48.5 Å². The number of carbonyl (C=O) groups excluding carboxylic acids is 1. The molecule has 1 saturated carbocycles. The van der Waals surface area contributed by atoms with Gasteiger partial charge >= 0.3 is 0 Å². The highest BCUT2D eigenvalue weighted by Crippen LogP contribution is 2.44. The Bertz CT molecular complexity index is 738. The van der Waals surface area contributed by atoms with E-state index in [-0.39, 0.29) is 11.9 Å². The average Bonchev–Trinajstić information content (AvgIpc) is 2.61. The van der Waals surface area contributed by atoms with E-state index in [9.17, 15) is 4.79 Å². The highest BCUT2D eigenvalue weighted by Gasteiger charge is 2.45. The molecule has 1 aliphatic carbocycles. The standard InChI is InChI=1S/C21H25NO3/c1-15(18-11-10-17(24-2)14-19(18)25-3)22-20(23)21(12-7-13-21)16-8-5-4-6-9-16/h4-6,8-11,14-15H,7,12-13H2,1-3H3,(H,22,23). The largest absolute Gasteiger partial charge is 0.497 e. The molecule has 0 saturated heterocycles. The number of hydrogen-bond donors (Lipinski definition) is 1. The van der Waals surface area contributed by atoms with Gasteiger partial charge in [-0.3, -0.25) is 4.79 Å². The number of ether oxygens (including phenoxy) is 2. The van der Waals surface area contributed by atoms with Crippen LogP contribution < -0.4 is 14.8 Å². The van der Waals surface area contributed by atoms with Gasteiger partial charge in [-0.25, -0.2) is 0 Å². The molecule has 0 bridgehead atoms. The Kier molecular flexibility index (Phi) is 4.98. The van der Waals surface area contributed by atoms with Gasteiger partial charge in [-0.05, 0) is 37.5 Å². The van der Waals surface area contributed by atoms with E-state index in [2.05, 4.69) is 17.4 Å². The molecule has 0 aromatic heterocycles. The Morgan fingerprint density at radius 1 is 1.08 bits per heavy atom. The molecule has 0 heterocycles. The lowest BCUT2D eigenvalue weighted by atomic mass is 9.63. The first-order valence-corrected chi connectivity index (χ1v) is 8.69. The normalized spacial score (nSPS) is 16.4. The minimum atomic E-state index is -0.394. The monoisotopic (exact) mass is 339 g/mol. The Hall–Kier alpha value is -2.49. The molecule has 132 valence electrons. The van der Waals surface area contributed by atoms with Crippen LogP contribution in [-0.2, 0) is 10.2 Å². The quantitative estimate of drug-likeness (QED) is 0.865. The molecular weight excluding hydrogens is 314 g/mol. The van der Waals surface area contributed by atoms with Crippen LogP contribution in [0.5, 0.6) is 11.5 Å². The number of rotatable bonds is 6. The molecule has 1 atom stereocenters. The van der Waals surface area contributed by atoms with Crippen molar-refractivity contribution < 1.29 is 14.3 Å². The highest BCUT2D eigenvalue weighted by molar-refractivity contribution is 5.89. The lowest BCUT2D eigenvalue weighted by Crippen LogP contribution is -2.49. The molecular formula is C21H25NO3. The molecule has 0 spiro atoms. The third-order valence-corrected chi connectivity index (χ3v) is 5.22. The summed E-state index contributed by atoms with van der Waals surface area (Å²) in [6.45, 7) is 1.99. The van der Waals surface area contributed by atoms with Crippen molar-refractivity contribution >= 4 is 5.91 Å². The van der Waals surface area contributed by atoms with Crippen molar-refractivity contribution in [2.24, 2.45) is 0 Å². The summed E-state index contributed by atoms with van der Waals surface area (Å²) >= 11 is 0. The summed E-state index contributed by atoms with van der Waals surface area (Å²) in [5, 5.41) is 3.19. The molecule has 2 aromatic carbocycles. The summed E-state index contributed by atoms with van der Waals surface area (Å²) in [4.78, 5) is 13.1. The maximum Gasteiger partial charge on any atom is 0.231 e. The van der Waals surface area contributed by atoms with E-state index in [4.69, 9.17) is 9.47 Å². The summed E-state index contributed by atoms with van der Waals surface area (Å²) in [7, 11) is 3.25. The minimum absolute atomic E-state index is 0.0929. The van der Waals surface area contributed by atoms with E-state index in [1.165, 1.54) is 0 Å². The van der Waals surface area contributed by atoms with E-state index in [1.54, 1.807) is 14.2 Å². The van der Waals surface area contributed by atoms with Gasteiger partial charge in [0.25, 0.3) is 0 Å². The van der Waals surface area contributed by atoms with Crippen molar-refractivity contribution in [2.45, 2.75) is 37.6 Å². The molecule has 1 amide bonds. The summed E-state index contributed by atoms with van der Waals surface area (Å²) in [5.74, 6) is 1.55. The van der Waals surface area contributed by atoms with Crippen molar-refractivity contribution in [3.63, 3.8) is 0 Å². The van der Waals surface area contributed by atoms with Gasteiger partial charge in [0.2, 0.25) is 5.91 Å². The van der Waals surface area contributed by atoms with Crippen molar-refractivity contribution in [1.29, 1.82) is 0 Å². The fourth-order valence-electron chi connectivity index (χ4n) is 3.52. The second-order valence-electron chi connectivity index (χ2n) is 6.60. The number of carbonyl (C=O) groups is 1. The number of hydrogen-bond acceptors (Lipinski definition) is 3. The first-order valence-electron chi connectivity index (χ1n) is 8.69. The zero-order valence-corrected chi connectivity index (χ0v) is 15.0. The molecule has 1 fully saturated rings. The van der Waals surface area contributed by atoms with Gasteiger partial charge in [-0.1, -0.05) is 36.8 Å². The fraction of sp³-hybridized carbons (Fsp3) is 0.381. The highest BCUT2D eigenvalue weighted by atomic mass is 16.5. The molecule has 4 nitrogen and oxygen atoms in total. The van der Waals surface area contributed by atoms with Gasteiger partial charge in [0.05, 0.1) is 25.7 Å². The van der Waals surface area contributed by atoms with Crippen LogP contribution in [0.4, 0.5) is 0 Å². The molecule has 1 N–H and O–H groups in total. The molecule has 0 aliphatic heterocycles. The Morgan fingerprint density at radius 2 is 1.80 bits per heavy atom. The third kappa shape index (κ3) is 3.21. The molecule has 1 unspecified atom stereocenters. The van der Waals surface area contributed by atoms with Crippen LogP contribution >= 0.6 is 0 Å². The number of amides is 1. The van der Waals surface area contributed by atoms with Crippen molar-refractivity contribution in [2.75, 3.05) is 14.2 Å². The van der Waals surface area contributed by atoms with Gasteiger partial charge in [0, 0.05) is 11.6 Å². The van der Waals surface area contributed by atoms with Crippen LogP contribution in [0.25, 0.3) is 0 Å². The summed E-state index contributed by atoms with van der Waals surface area (Å²) in [5.41, 5.74) is 1.65. The van der Waals surface area contributed by atoms with Crippen LogP contribution in [0, 0.1) is 0 Å². The van der Waals surface area contributed by atoms with Crippen molar-refractivity contribution in [3.05, 3.63) is 59.7 Å². The van der Waals surface area contributed by atoms with E-state index >= 15 is 0 Å². The number of benzene rings is 2. The Morgan fingerprint density at radius 3 is 2.36 bits per heavy atom. The third-order valence-electron chi connectivity index (χ3n) is 5.22.